The SMILES string of the molecule is O=C(O)c1n[nH]c2ccc(Cn3nc(C(=O)O)c4ccccc43)cc12. The molecule has 124 valence electrons. The number of carbonyl (C=O) groups is 2. The highest BCUT2D eigenvalue weighted by molar-refractivity contribution is 6.02. The van der Waals surface area contributed by atoms with Crippen molar-refractivity contribution in [1.82, 2.24) is 20.0 Å². The highest BCUT2D eigenvalue weighted by Gasteiger charge is 2.17. The van der Waals surface area contributed by atoms with Crippen molar-refractivity contribution in [3.05, 3.63) is 59.4 Å². The fraction of sp³-hybridized carbons (Fsp3) is 0.0588. The molecule has 0 spiro atoms. The molecule has 4 aromatic rings. The lowest BCUT2D eigenvalue weighted by Crippen LogP contribution is -2.04. The van der Waals surface area contributed by atoms with E-state index < -0.39 is 11.9 Å². The molecule has 2 aromatic carbocycles. The van der Waals surface area contributed by atoms with Gasteiger partial charge < -0.3 is 10.2 Å². The van der Waals surface area contributed by atoms with Crippen LogP contribution in [-0.2, 0) is 6.54 Å². The summed E-state index contributed by atoms with van der Waals surface area (Å²) >= 11 is 0. The van der Waals surface area contributed by atoms with E-state index in [0.717, 1.165) is 5.56 Å². The molecule has 0 fully saturated rings. The quantitative estimate of drug-likeness (QED) is 0.526. The van der Waals surface area contributed by atoms with E-state index in [1.165, 1.54) is 0 Å². The molecule has 0 amide bonds. The third-order valence-corrected chi connectivity index (χ3v) is 4.02. The lowest BCUT2D eigenvalue weighted by Gasteiger charge is -2.04. The van der Waals surface area contributed by atoms with Crippen molar-refractivity contribution >= 4 is 33.7 Å². The molecule has 4 rings (SSSR count). The standard InChI is InChI=1S/C17H12N4O4/c22-16(23)14-11-7-9(5-6-12(11)18-19-14)8-21-13-4-2-1-3-10(13)15(20-21)17(24)25/h1-7H,8H2,(H,18,19)(H,22,23)(H,24,25). The number of hydrogen-bond acceptors (Lipinski definition) is 4. The van der Waals surface area contributed by atoms with E-state index in [1.807, 2.05) is 12.1 Å². The highest BCUT2D eigenvalue weighted by atomic mass is 16.4. The zero-order chi connectivity index (χ0) is 17.6. The molecule has 8 heteroatoms. The number of para-hydroxylation sites is 1. The number of rotatable bonds is 4. The number of benzene rings is 2. The number of nitrogens with zero attached hydrogens (tertiary/aromatic N) is 3. The summed E-state index contributed by atoms with van der Waals surface area (Å²) in [5.74, 6) is -2.20. The van der Waals surface area contributed by atoms with Crippen LogP contribution in [0.3, 0.4) is 0 Å². The summed E-state index contributed by atoms with van der Waals surface area (Å²) in [6.45, 7) is 0.313. The van der Waals surface area contributed by atoms with E-state index in [2.05, 4.69) is 15.3 Å². The number of fused-ring (bicyclic) bond motifs is 2. The zero-order valence-electron chi connectivity index (χ0n) is 12.8. The van der Waals surface area contributed by atoms with E-state index in [-0.39, 0.29) is 11.4 Å². The lowest BCUT2D eigenvalue weighted by atomic mass is 10.1. The molecule has 0 aliphatic heterocycles. The number of hydrogen-bond donors (Lipinski definition) is 3. The van der Waals surface area contributed by atoms with Crippen LogP contribution >= 0.6 is 0 Å². The maximum atomic E-state index is 11.4. The van der Waals surface area contributed by atoms with E-state index in [4.69, 9.17) is 0 Å². The first kappa shape index (κ1) is 14.9. The van der Waals surface area contributed by atoms with Crippen molar-refractivity contribution in [2.24, 2.45) is 0 Å². The number of aromatic nitrogens is 4. The van der Waals surface area contributed by atoms with Crippen LogP contribution in [0.1, 0.15) is 26.5 Å². The topological polar surface area (TPSA) is 121 Å². The largest absolute Gasteiger partial charge is 0.476 e. The van der Waals surface area contributed by atoms with Gasteiger partial charge in [0, 0.05) is 10.8 Å². The summed E-state index contributed by atoms with van der Waals surface area (Å²) in [6.07, 6.45) is 0. The molecule has 2 aromatic heterocycles. The van der Waals surface area contributed by atoms with Crippen molar-refractivity contribution < 1.29 is 19.8 Å². The molecule has 0 saturated heterocycles. The fourth-order valence-corrected chi connectivity index (χ4v) is 2.90. The summed E-state index contributed by atoms with van der Waals surface area (Å²) in [5.41, 5.74) is 2.06. The Bertz CT molecular complexity index is 1140. The predicted molar refractivity (Wildman–Crippen MR) is 88.8 cm³/mol. The molecule has 0 aliphatic carbocycles. The molecule has 0 aliphatic rings. The Morgan fingerprint density at radius 2 is 1.76 bits per heavy atom. The van der Waals surface area contributed by atoms with Crippen LogP contribution in [0.5, 0.6) is 0 Å². The predicted octanol–water partition coefficient (Wildman–Crippen LogP) is 2.36. The minimum absolute atomic E-state index is 0.00814. The van der Waals surface area contributed by atoms with Crippen molar-refractivity contribution in [3.63, 3.8) is 0 Å². The lowest BCUT2D eigenvalue weighted by molar-refractivity contribution is 0.0681. The van der Waals surface area contributed by atoms with Gasteiger partial charge in [-0.15, -0.1) is 0 Å². The van der Waals surface area contributed by atoms with Gasteiger partial charge in [0.25, 0.3) is 0 Å². The fourth-order valence-electron chi connectivity index (χ4n) is 2.90. The van der Waals surface area contributed by atoms with Crippen LogP contribution in [0, 0.1) is 0 Å². The Kier molecular flexibility index (Phi) is 3.24. The normalized spacial score (nSPS) is 11.2. The number of carboxylic acids is 2. The minimum atomic E-state index is -1.11. The molecular weight excluding hydrogens is 324 g/mol. The van der Waals surface area contributed by atoms with Crippen molar-refractivity contribution in [2.75, 3.05) is 0 Å². The first-order valence-electron chi connectivity index (χ1n) is 7.44. The van der Waals surface area contributed by atoms with E-state index in [1.54, 1.807) is 35.0 Å². The monoisotopic (exact) mass is 336 g/mol. The highest BCUT2D eigenvalue weighted by Crippen LogP contribution is 2.22. The second-order valence-corrected chi connectivity index (χ2v) is 5.59. The van der Waals surface area contributed by atoms with Crippen molar-refractivity contribution in [2.45, 2.75) is 6.54 Å². The van der Waals surface area contributed by atoms with Gasteiger partial charge in [-0.25, -0.2) is 9.59 Å². The summed E-state index contributed by atoms with van der Waals surface area (Å²) in [5, 5.41) is 30.2. The van der Waals surface area contributed by atoms with Gasteiger partial charge in [-0.3, -0.25) is 9.78 Å². The molecule has 0 unspecified atom stereocenters. The number of nitrogens with one attached hydrogen (secondary N) is 1. The van der Waals surface area contributed by atoms with Crippen LogP contribution in [0.2, 0.25) is 0 Å². The van der Waals surface area contributed by atoms with Gasteiger partial charge in [-0.2, -0.15) is 10.2 Å². The van der Waals surface area contributed by atoms with Crippen LogP contribution in [0.4, 0.5) is 0 Å². The number of aromatic amines is 1. The Balaban J connectivity index is 1.81. The van der Waals surface area contributed by atoms with Crippen molar-refractivity contribution in [3.8, 4) is 0 Å². The molecule has 0 atom stereocenters. The minimum Gasteiger partial charge on any atom is -0.476 e. The van der Waals surface area contributed by atoms with Crippen LogP contribution in [0.15, 0.2) is 42.5 Å². The molecule has 0 saturated carbocycles. The Morgan fingerprint density at radius 3 is 2.52 bits per heavy atom. The van der Waals surface area contributed by atoms with Crippen LogP contribution in [-0.4, -0.2) is 42.1 Å². The first-order valence-corrected chi connectivity index (χ1v) is 7.44. The third kappa shape index (κ3) is 2.40. The Morgan fingerprint density at radius 1 is 1.00 bits per heavy atom. The molecule has 25 heavy (non-hydrogen) atoms. The second kappa shape index (κ2) is 5.45. The van der Waals surface area contributed by atoms with Gasteiger partial charge in [0.2, 0.25) is 0 Å². The molecule has 0 radical (unpaired) electrons. The third-order valence-electron chi connectivity index (χ3n) is 4.02. The molecule has 3 N–H and O–H groups in total. The summed E-state index contributed by atoms with van der Waals surface area (Å²) in [4.78, 5) is 22.6. The summed E-state index contributed by atoms with van der Waals surface area (Å²) in [7, 11) is 0. The molecular formula is C17H12N4O4. The van der Waals surface area contributed by atoms with Gasteiger partial charge in [0.15, 0.2) is 11.4 Å². The van der Waals surface area contributed by atoms with Gasteiger partial charge >= 0.3 is 11.9 Å². The van der Waals surface area contributed by atoms with E-state index >= 15 is 0 Å². The zero-order valence-corrected chi connectivity index (χ0v) is 12.8. The van der Waals surface area contributed by atoms with E-state index in [0.29, 0.717) is 28.4 Å². The molecule has 8 nitrogen and oxygen atoms in total. The summed E-state index contributed by atoms with van der Waals surface area (Å²) in [6, 6.07) is 12.4. The van der Waals surface area contributed by atoms with E-state index in [9.17, 15) is 19.8 Å². The molecule has 2 heterocycles. The average molecular weight is 336 g/mol. The maximum absolute atomic E-state index is 11.4. The maximum Gasteiger partial charge on any atom is 0.357 e. The second-order valence-electron chi connectivity index (χ2n) is 5.59. The Hall–Kier alpha value is -3.68. The van der Waals surface area contributed by atoms with Gasteiger partial charge in [-0.1, -0.05) is 24.3 Å². The Labute approximate surface area is 140 Å². The number of carboxylic acid groups (broad SMARTS) is 2. The number of aromatic carboxylic acids is 2. The summed E-state index contributed by atoms with van der Waals surface area (Å²) < 4.78 is 1.60. The van der Waals surface area contributed by atoms with Gasteiger partial charge in [-0.05, 0) is 23.8 Å². The first-order chi connectivity index (χ1) is 12.0. The van der Waals surface area contributed by atoms with Crippen molar-refractivity contribution in [1.29, 1.82) is 0 Å². The number of H-pyrrole nitrogens is 1. The van der Waals surface area contributed by atoms with Crippen LogP contribution < -0.4 is 0 Å². The smallest absolute Gasteiger partial charge is 0.357 e. The average Bonchev–Trinajstić information content (AvgIpc) is 3.17. The molecule has 0 bridgehead atoms. The van der Waals surface area contributed by atoms with Gasteiger partial charge in [0.05, 0.1) is 17.6 Å². The van der Waals surface area contributed by atoms with Gasteiger partial charge in [0.1, 0.15) is 0 Å². The van der Waals surface area contributed by atoms with Crippen LogP contribution in [0.25, 0.3) is 21.8 Å².